The van der Waals surface area contributed by atoms with Gasteiger partial charge < -0.3 is 30.5 Å². The highest BCUT2D eigenvalue weighted by Gasteiger charge is 2.33. The van der Waals surface area contributed by atoms with Crippen molar-refractivity contribution in [2.24, 2.45) is 0 Å². The molecule has 146 valence electrons. The van der Waals surface area contributed by atoms with E-state index in [0.29, 0.717) is 37.0 Å². The number of hydroxylamine groups is 1. The normalized spacial score (nSPS) is 19.9. The molecule has 27 heavy (non-hydrogen) atoms. The number of hydrogen-bond acceptors (Lipinski definition) is 5. The molecule has 2 aromatic carbocycles. The van der Waals surface area contributed by atoms with E-state index in [9.17, 15) is 15.4 Å². The van der Waals surface area contributed by atoms with E-state index in [1.807, 2.05) is 44.2 Å². The summed E-state index contributed by atoms with van der Waals surface area (Å²) >= 11 is 0. The Morgan fingerprint density at radius 2 is 2.00 bits per heavy atom. The zero-order valence-corrected chi connectivity index (χ0v) is 15.8. The number of ether oxygens (including phenoxy) is 1. The molecule has 1 heterocycles. The number of aromatic hydroxyl groups is 1. The van der Waals surface area contributed by atoms with Gasteiger partial charge >= 0.3 is 0 Å². The molecule has 0 spiro atoms. The Morgan fingerprint density at radius 1 is 1.22 bits per heavy atom. The average molecular weight is 372 g/mol. The van der Waals surface area contributed by atoms with E-state index in [-0.39, 0.29) is 23.3 Å². The Kier molecular flexibility index (Phi) is 6.34. The monoisotopic (exact) mass is 372 g/mol. The lowest BCUT2D eigenvalue weighted by molar-refractivity contribution is -0.770. The fraction of sp³-hybridized carbons (Fsp3) is 0.429. The highest BCUT2D eigenvalue weighted by molar-refractivity contribution is 5.54. The second-order valence-electron chi connectivity index (χ2n) is 7.40. The largest absolute Gasteiger partial charge is 0.629 e. The number of fused-ring (bicyclic) bond motifs is 1. The van der Waals surface area contributed by atoms with Crippen molar-refractivity contribution in [1.82, 2.24) is 5.32 Å². The van der Waals surface area contributed by atoms with Crippen molar-refractivity contribution in [2.75, 3.05) is 19.7 Å². The van der Waals surface area contributed by atoms with Crippen molar-refractivity contribution in [2.45, 2.75) is 38.3 Å². The topological polar surface area (TPSA) is 89.2 Å². The molecule has 0 saturated heterocycles. The Hall–Kier alpha value is -2.12. The lowest BCUT2D eigenvalue weighted by Gasteiger charge is -2.18. The lowest BCUT2D eigenvalue weighted by Crippen LogP contribution is -3.00. The van der Waals surface area contributed by atoms with Crippen LogP contribution < -0.4 is 15.1 Å². The molecule has 3 rings (SSSR count). The van der Waals surface area contributed by atoms with Crippen LogP contribution in [0.2, 0.25) is 0 Å². The van der Waals surface area contributed by atoms with Gasteiger partial charge in [0, 0.05) is 18.5 Å². The van der Waals surface area contributed by atoms with Crippen LogP contribution in [-0.2, 0) is 6.42 Å². The fourth-order valence-electron chi connectivity index (χ4n) is 3.51. The predicted octanol–water partition coefficient (Wildman–Crippen LogP) is 1.48. The third-order valence-electron chi connectivity index (χ3n) is 4.86. The van der Waals surface area contributed by atoms with Crippen LogP contribution in [0.3, 0.4) is 0 Å². The van der Waals surface area contributed by atoms with Crippen LogP contribution in [0.15, 0.2) is 42.5 Å². The first kappa shape index (κ1) is 19.6. The maximum Gasteiger partial charge on any atom is 0.138 e. The summed E-state index contributed by atoms with van der Waals surface area (Å²) in [7, 11) is 0. The zero-order valence-electron chi connectivity index (χ0n) is 15.8. The molecule has 0 fully saturated rings. The summed E-state index contributed by atoms with van der Waals surface area (Å²) in [4.78, 5) is 0. The van der Waals surface area contributed by atoms with Gasteiger partial charge in [0.15, 0.2) is 0 Å². The summed E-state index contributed by atoms with van der Waals surface area (Å²) < 4.78 is 5.88. The molecule has 4 N–H and O–H groups in total. The molecular weight excluding hydrogens is 344 g/mol. The van der Waals surface area contributed by atoms with Gasteiger partial charge in [-0.3, -0.25) is 0 Å². The number of phenolic OH excluding ortho intramolecular Hbond substituents is 1. The molecule has 3 atom stereocenters. The summed E-state index contributed by atoms with van der Waals surface area (Å²) in [5, 5.41) is 35.9. The summed E-state index contributed by atoms with van der Waals surface area (Å²) in [6.45, 7) is 5.06. The van der Waals surface area contributed by atoms with E-state index in [1.165, 1.54) is 0 Å². The molecule has 0 aliphatic carbocycles. The van der Waals surface area contributed by atoms with E-state index >= 15 is 0 Å². The highest BCUT2D eigenvalue weighted by atomic mass is 16.5. The number of hydrogen-bond donors (Lipinski definition) is 4. The Bertz CT molecular complexity index is 766. The van der Waals surface area contributed by atoms with E-state index in [4.69, 9.17) is 4.74 Å². The van der Waals surface area contributed by atoms with Crippen LogP contribution in [0.25, 0.3) is 0 Å². The fourth-order valence-corrected chi connectivity index (χ4v) is 3.51. The van der Waals surface area contributed by atoms with Crippen molar-refractivity contribution in [1.29, 1.82) is 0 Å². The maximum absolute atomic E-state index is 12.4. The highest BCUT2D eigenvalue weighted by Crippen LogP contribution is 2.38. The van der Waals surface area contributed by atoms with Crippen LogP contribution in [0.1, 0.15) is 30.9 Å². The average Bonchev–Trinajstić information content (AvgIpc) is 2.96. The number of benzene rings is 2. The number of quaternary nitrogens is 1. The standard InChI is InChI=1S/C21H28N2O4/c1-14(2)22-11-17(24)13-27-20-9-5-7-18-21(20)16(12-23(18)26)10-15-6-3-4-8-19(15)25/h3-9,14,16-17,22-25H,10-13H2,1-2H3. The number of aliphatic hydroxyl groups excluding tert-OH is 1. The molecule has 6 heteroatoms. The van der Waals surface area contributed by atoms with Gasteiger partial charge in [0.25, 0.3) is 0 Å². The summed E-state index contributed by atoms with van der Waals surface area (Å²) in [6, 6.07) is 13.0. The summed E-state index contributed by atoms with van der Waals surface area (Å²) in [5.74, 6) is 0.845. The zero-order chi connectivity index (χ0) is 19.4. The minimum absolute atomic E-state index is 0.0390. The quantitative estimate of drug-likeness (QED) is 0.527. The van der Waals surface area contributed by atoms with Crippen molar-refractivity contribution in [3.05, 3.63) is 58.8 Å². The van der Waals surface area contributed by atoms with Crippen LogP contribution in [0, 0.1) is 5.21 Å². The smallest absolute Gasteiger partial charge is 0.138 e. The Balaban J connectivity index is 1.75. The van der Waals surface area contributed by atoms with Crippen LogP contribution in [-0.4, -0.2) is 42.1 Å². The molecule has 0 radical (unpaired) electrons. The number of aliphatic hydroxyl groups is 1. The molecule has 0 saturated carbocycles. The van der Waals surface area contributed by atoms with Gasteiger partial charge in [0.05, 0.1) is 12.1 Å². The molecular formula is C21H28N2O4. The van der Waals surface area contributed by atoms with E-state index in [0.717, 1.165) is 11.1 Å². The predicted molar refractivity (Wildman–Crippen MR) is 104 cm³/mol. The minimum atomic E-state index is -0.628. The van der Waals surface area contributed by atoms with E-state index < -0.39 is 6.10 Å². The van der Waals surface area contributed by atoms with Gasteiger partial charge in [0.2, 0.25) is 0 Å². The van der Waals surface area contributed by atoms with Gasteiger partial charge in [-0.15, -0.1) is 0 Å². The van der Waals surface area contributed by atoms with Crippen molar-refractivity contribution < 1.29 is 20.0 Å². The second kappa shape index (κ2) is 8.71. The minimum Gasteiger partial charge on any atom is -0.629 e. The first-order chi connectivity index (χ1) is 13.0. The second-order valence-corrected chi connectivity index (χ2v) is 7.40. The SMILES string of the molecule is CC(C)NCC(O)COc1cccc2c1C(Cc1ccccc1O)C[NH+]2[O-]. The maximum atomic E-state index is 12.4. The number of para-hydroxylation sites is 1. The van der Waals surface area contributed by atoms with Gasteiger partial charge in [-0.1, -0.05) is 38.1 Å². The molecule has 2 aromatic rings. The van der Waals surface area contributed by atoms with E-state index in [1.54, 1.807) is 12.1 Å². The Morgan fingerprint density at radius 3 is 2.74 bits per heavy atom. The van der Waals surface area contributed by atoms with Crippen LogP contribution in [0.4, 0.5) is 5.69 Å². The van der Waals surface area contributed by atoms with Crippen molar-refractivity contribution in [3.63, 3.8) is 0 Å². The number of phenols is 1. The molecule has 0 amide bonds. The van der Waals surface area contributed by atoms with Gasteiger partial charge in [-0.05, 0) is 30.2 Å². The van der Waals surface area contributed by atoms with Gasteiger partial charge in [-0.2, -0.15) is 0 Å². The summed E-state index contributed by atoms with van der Waals surface area (Å²) in [5.41, 5.74) is 2.39. The third kappa shape index (κ3) is 4.78. The van der Waals surface area contributed by atoms with Crippen molar-refractivity contribution in [3.8, 4) is 11.5 Å². The first-order valence-electron chi connectivity index (χ1n) is 9.43. The molecule has 1 aliphatic heterocycles. The summed E-state index contributed by atoms with van der Waals surface area (Å²) in [6.07, 6.45) is -0.0551. The van der Waals surface area contributed by atoms with Crippen LogP contribution >= 0.6 is 0 Å². The van der Waals surface area contributed by atoms with E-state index in [2.05, 4.69) is 5.32 Å². The first-order valence-corrected chi connectivity index (χ1v) is 9.43. The third-order valence-corrected chi connectivity index (χ3v) is 4.86. The molecule has 0 bridgehead atoms. The molecule has 1 aliphatic rings. The van der Waals surface area contributed by atoms with Gasteiger partial charge in [0.1, 0.15) is 29.9 Å². The molecule has 3 unspecified atom stereocenters. The lowest BCUT2D eigenvalue weighted by atomic mass is 9.92. The van der Waals surface area contributed by atoms with Gasteiger partial charge in [-0.25, -0.2) is 0 Å². The molecule has 0 aromatic heterocycles. The number of rotatable bonds is 8. The number of nitrogens with one attached hydrogen (secondary N) is 2. The van der Waals surface area contributed by atoms with Crippen LogP contribution in [0.5, 0.6) is 11.5 Å². The Labute approximate surface area is 160 Å². The molecule has 6 nitrogen and oxygen atoms in total. The van der Waals surface area contributed by atoms with Crippen molar-refractivity contribution >= 4 is 5.69 Å².